The van der Waals surface area contributed by atoms with E-state index in [1.165, 1.54) is 70.6 Å². The zero-order valence-electron chi connectivity index (χ0n) is 15.4. The van der Waals surface area contributed by atoms with E-state index in [0.29, 0.717) is 0 Å². The van der Waals surface area contributed by atoms with Crippen LogP contribution in [0.4, 0.5) is 4.79 Å². The lowest BCUT2D eigenvalue weighted by Gasteiger charge is -2.11. The van der Waals surface area contributed by atoms with Crippen LogP contribution in [0, 0.1) is 0 Å². The van der Waals surface area contributed by atoms with Crippen LogP contribution in [-0.2, 0) is 4.74 Å². The molecule has 1 fully saturated rings. The summed E-state index contributed by atoms with van der Waals surface area (Å²) in [6.07, 6.45) is 21.0. The highest BCUT2D eigenvalue weighted by Crippen LogP contribution is 2.16. The molecule has 0 radical (unpaired) electrons. The monoisotopic (exact) mass is 401 g/mol. The van der Waals surface area contributed by atoms with Gasteiger partial charge in [0.15, 0.2) is 0 Å². The van der Waals surface area contributed by atoms with Crippen LogP contribution in [0.2, 0.25) is 0 Å². The number of cyclic esters (lactones) is 1. The Bertz CT molecular complexity index is 347. The van der Waals surface area contributed by atoms with E-state index in [1.807, 2.05) is 0 Å². The first kappa shape index (κ1) is 21.5. The van der Waals surface area contributed by atoms with Gasteiger partial charge in [-0.05, 0) is 25.3 Å². The third kappa shape index (κ3) is 10.4. The van der Waals surface area contributed by atoms with Crippen LogP contribution in [0.1, 0.15) is 90.4 Å². The quantitative estimate of drug-likeness (QED) is 0.193. The number of unbranched alkanes of at least 4 members (excludes halogenated alkanes) is 11. The molecule has 0 bridgehead atoms. The van der Waals surface area contributed by atoms with Gasteiger partial charge in [0.1, 0.15) is 6.10 Å². The summed E-state index contributed by atoms with van der Waals surface area (Å²) >= 11 is 3.42. The molecule has 1 aliphatic rings. The van der Waals surface area contributed by atoms with Crippen molar-refractivity contribution in [1.82, 2.24) is 5.32 Å². The predicted molar refractivity (Wildman–Crippen MR) is 106 cm³/mol. The molecule has 0 aromatic rings. The smallest absolute Gasteiger partial charge is 0.408 e. The zero-order valence-corrected chi connectivity index (χ0v) is 17.0. The molecule has 0 aromatic carbocycles. The van der Waals surface area contributed by atoms with Crippen molar-refractivity contribution in [1.29, 1.82) is 0 Å². The highest BCUT2D eigenvalue weighted by atomic mass is 79.9. The number of hydrogen-bond donors (Lipinski definition) is 1. The number of ether oxygens (including phenoxy) is 1. The molecule has 1 amide bonds. The molecule has 140 valence electrons. The Morgan fingerprint density at radius 1 is 1.00 bits per heavy atom. The predicted octanol–water partition coefficient (Wildman–Crippen LogP) is 6.51. The molecule has 1 heterocycles. The lowest BCUT2D eigenvalue weighted by molar-refractivity contribution is 0.153. The van der Waals surface area contributed by atoms with Gasteiger partial charge in [0.2, 0.25) is 0 Å². The number of hydrogen-bond acceptors (Lipinski definition) is 2. The van der Waals surface area contributed by atoms with Gasteiger partial charge in [-0.2, -0.15) is 0 Å². The number of carbonyl (C=O) groups is 1. The van der Waals surface area contributed by atoms with E-state index in [9.17, 15) is 4.79 Å². The van der Waals surface area contributed by atoms with Crippen molar-refractivity contribution in [2.75, 3.05) is 5.33 Å². The Kier molecular flexibility index (Phi) is 13.3. The van der Waals surface area contributed by atoms with E-state index in [4.69, 9.17) is 4.74 Å². The minimum absolute atomic E-state index is 0.0947. The van der Waals surface area contributed by atoms with E-state index in [-0.39, 0.29) is 18.2 Å². The van der Waals surface area contributed by atoms with E-state index in [2.05, 4.69) is 40.3 Å². The minimum Gasteiger partial charge on any atom is -0.440 e. The summed E-state index contributed by atoms with van der Waals surface area (Å²) in [5.74, 6) is 0. The number of amides is 1. The van der Waals surface area contributed by atoms with Gasteiger partial charge in [0.05, 0.1) is 6.04 Å². The Morgan fingerprint density at radius 3 is 2.17 bits per heavy atom. The van der Waals surface area contributed by atoms with E-state index in [0.717, 1.165) is 18.2 Å². The van der Waals surface area contributed by atoms with Gasteiger partial charge in [-0.15, -0.1) is 0 Å². The van der Waals surface area contributed by atoms with Gasteiger partial charge < -0.3 is 10.1 Å². The maximum absolute atomic E-state index is 11.3. The van der Waals surface area contributed by atoms with E-state index < -0.39 is 0 Å². The second-order valence-corrected chi connectivity index (χ2v) is 7.64. The number of nitrogens with one attached hydrogen (secondary N) is 1. The Hall–Kier alpha value is -0.510. The van der Waals surface area contributed by atoms with Gasteiger partial charge in [-0.3, -0.25) is 0 Å². The zero-order chi connectivity index (χ0) is 17.5. The van der Waals surface area contributed by atoms with E-state index >= 15 is 0 Å². The fourth-order valence-corrected chi connectivity index (χ4v) is 3.65. The van der Waals surface area contributed by atoms with Gasteiger partial charge in [0, 0.05) is 5.33 Å². The summed E-state index contributed by atoms with van der Waals surface area (Å²) in [5, 5.41) is 3.74. The first-order valence-corrected chi connectivity index (χ1v) is 11.1. The Labute approximate surface area is 157 Å². The van der Waals surface area contributed by atoms with Crippen LogP contribution < -0.4 is 5.32 Å². The van der Waals surface area contributed by atoms with Crippen LogP contribution in [-0.4, -0.2) is 23.6 Å². The molecule has 2 atom stereocenters. The van der Waals surface area contributed by atoms with Gasteiger partial charge in [0.25, 0.3) is 0 Å². The lowest BCUT2D eigenvalue weighted by Crippen LogP contribution is -2.30. The van der Waals surface area contributed by atoms with Crippen LogP contribution in [0.3, 0.4) is 0 Å². The summed E-state index contributed by atoms with van der Waals surface area (Å²) in [6.45, 7) is 2.27. The minimum atomic E-state index is -0.287. The average molecular weight is 402 g/mol. The third-order valence-electron chi connectivity index (χ3n) is 4.66. The first-order chi connectivity index (χ1) is 11.8. The van der Waals surface area contributed by atoms with Crippen molar-refractivity contribution >= 4 is 22.0 Å². The lowest BCUT2D eigenvalue weighted by atomic mass is 10.0. The molecule has 1 rings (SSSR count). The maximum atomic E-state index is 11.3. The standard InChI is InChI=1S/C20H36BrNO2/c1-2-3-4-5-6-7-8-9-10-11-12-13-14-15-19-18(16-17-21)22-20(23)24-19/h14-15,18-19H,2-13,16-17H2,1H3,(H,22,23)/b15-14+/t18-,19+/m0/s1. The molecule has 1 aliphatic heterocycles. The van der Waals surface area contributed by atoms with Crippen LogP contribution >= 0.6 is 15.9 Å². The summed E-state index contributed by atoms with van der Waals surface area (Å²) < 4.78 is 5.28. The molecule has 1 saturated heterocycles. The van der Waals surface area contributed by atoms with Crippen molar-refractivity contribution in [3.05, 3.63) is 12.2 Å². The molecule has 24 heavy (non-hydrogen) atoms. The van der Waals surface area contributed by atoms with Crippen LogP contribution in [0.25, 0.3) is 0 Å². The largest absolute Gasteiger partial charge is 0.440 e. The van der Waals surface area contributed by atoms with Gasteiger partial charge >= 0.3 is 6.09 Å². The Morgan fingerprint density at radius 2 is 1.58 bits per heavy atom. The van der Waals surface area contributed by atoms with Crippen molar-refractivity contribution in [3.8, 4) is 0 Å². The molecular weight excluding hydrogens is 366 g/mol. The fourth-order valence-electron chi connectivity index (χ4n) is 3.16. The summed E-state index contributed by atoms with van der Waals surface area (Å²) in [6, 6.07) is 0.116. The molecular formula is C20H36BrNO2. The van der Waals surface area contributed by atoms with Gasteiger partial charge in [-0.25, -0.2) is 4.79 Å². The number of carbonyl (C=O) groups excluding carboxylic acids is 1. The molecule has 0 aromatic heterocycles. The highest BCUT2D eigenvalue weighted by Gasteiger charge is 2.31. The molecule has 1 N–H and O–H groups in total. The molecule has 0 spiro atoms. The fraction of sp³-hybridized carbons (Fsp3) is 0.850. The van der Waals surface area contributed by atoms with E-state index in [1.54, 1.807) is 0 Å². The molecule has 4 heteroatoms. The molecule has 3 nitrogen and oxygen atoms in total. The van der Waals surface area contributed by atoms with Gasteiger partial charge in [-0.1, -0.05) is 93.1 Å². The number of halogens is 1. The second-order valence-electron chi connectivity index (χ2n) is 6.85. The number of allylic oxidation sites excluding steroid dienone is 1. The number of alkyl carbamates (subject to hydrolysis) is 1. The third-order valence-corrected chi connectivity index (χ3v) is 5.12. The van der Waals surface area contributed by atoms with Crippen LogP contribution in [0.15, 0.2) is 12.2 Å². The van der Waals surface area contributed by atoms with Crippen molar-refractivity contribution in [3.63, 3.8) is 0 Å². The van der Waals surface area contributed by atoms with Crippen molar-refractivity contribution in [2.45, 2.75) is 103 Å². The number of rotatable bonds is 15. The first-order valence-electron chi connectivity index (χ1n) is 9.97. The second kappa shape index (κ2) is 14.8. The molecule has 0 aliphatic carbocycles. The SMILES string of the molecule is CCCCCCCCCCCCC/C=C/[C@H]1OC(=O)N[C@H]1CCBr. The Balaban J connectivity index is 1.92. The maximum Gasteiger partial charge on any atom is 0.408 e. The summed E-state index contributed by atoms with van der Waals surface area (Å²) in [5.41, 5.74) is 0. The average Bonchev–Trinajstić information content (AvgIpc) is 2.92. The van der Waals surface area contributed by atoms with Crippen molar-refractivity contribution in [2.24, 2.45) is 0 Å². The molecule has 0 unspecified atom stereocenters. The molecule has 0 saturated carbocycles. The van der Waals surface area contributed by atoms with Crippen LogP contribution in [0.5, 0.6) is 0 Å². The summed E-state index contributed by atoms with van der Waals surface area (Å²) in [7, 11) is 0. The van der Waals surface area contributed by atoms with Crippen molar-refractivity contribution < 1.29 is 9.53 Å². The topological polar surface area (TPSA) is 38.3 Å². The normalized spacial score (nSPS) is 20.5. The highest BCUT2D eigenvalue weighted by molar-refractivity contribution is 9.09. The number of alkyl halides is 1. The summed E-state index contributed by atoms with van der Waals surface area (Å²) in [4.78, 5) is 11.3.